The van der Waals surface area contributed by atoms with Gasteiger partial charge >= 0.3 is 8.60 Å². The number of benzene rings is 3. The van der Waals surface area contributed by atoms with Crippen LogP contribution in [0.4, 0.5) is 0 Å². The average Bonchev–Trinajstić information content (AvgIpc) is 3.12. The molecule has 0 unspecified atom stereocenters. The molecule has 3 aromatic rings. The molecule has 3 nitrogen and oxygen atoms in total. The van der Waals surface area contributed by atoms with Gasteiger partial charge < -0.3 is 13.6 Å². The lowest BCUT2D eigenvalue weighted by atomic mass is 10.0. The predicted octanol–water partition coefficient (Wildman–Crippen LogP) is 15.3. The van der Waals surface area contributed by atoms with Gasteiger partial charge in [-0.1, -0.05) is 191 Å². The Morgan fingerprint density at radius 2 is 0.571 bits per heavy atom. The van der Waals surface area contributed by atoms with Crippen molar-refractivity contribution in [3.63, 3.8) is 0 Å². The fraction of sp³-hybridized carbons (Fsp3) is 0.600. The molecular weight excluding hydrogens is 619 g/mol. The van der Waals surface area contributed by atoms with Gasteiger partial charge in [0.15, 0.2) is 0 Å². The van der Waals surface area contributed by atoms with E-state index in [9.17, 15) is 0 Å². The summed E-state index contributed by atoms with van der Waals surface area (Å²) in [5.41, 5.74) is 3.72. The van der Waals surface area contributed by atoms with E-state index in [4.69, 9.17) is 13.6 Å². The largest absolute Gasteiger partial charge is 0.530 e. The minimum atomic E-state index is -1.72. The third-order valence-corrected chi connectivity index (χ3v) is 10.6. The highest BCUT2D eigenvalue weighted by atomic mass is 31.2. The molecule has 0 saturated heterocycles. The first kappa shape index (κ1) is 40.9. The number of para-hydroxylation sites is 3. The van der Waals surface area contributed by atoms with Crippen molar-refractivity contribution < 1.29 is 13.6 Å². The van der Waals surface area contributed by atoms with Gasteiger partial charge in [-0.05, 0) is 73.4 Å². The van der Waals surface area contributed by atoms with E-state index in [1.54, 1.807) is 0 Å². The van der Waals surface area contributed by atoms with Crippen molar-refractivity contribution in [3.05, 3.63) is 89.5 Å². The van der Waals surface area contributed by atoms with E-state index in [-0.39, 0.29) is 0 Å². The molecule has 4 heteroatoms. The van der Waals surface area contributed by atoms with E-state index in [1.807, 2.05) is 0 Å². The highest BCUT2D eigenvalue weighted by Gasteiger charge is 2.24. The first-order valence-corrected chi connectivity index (χ1v) is 21.4. The molecule has 0 aliphatic rings. The van der Waals surface area contributed by atoms with E-state index in [0.29, 0.717) is 0 Å². The van der Waals surface area contributed by atoms with Crippen LogP contribution in [0.25, 0.3) is 0 Å². The molecule has 0 N–H and O–H groups in total. The van der Waals surface area contributed by atoms with E-state index in [0.717, 1.165) is 36.5 Å². The number of aryl methyl sites for hydroxylation is 3. The van der Waals surface area contributed by atoms with Gasteiger partial charge in [-0.2, -0.15) is 0 Å². The van der Waals surface area contributed by atoms with Crippen molar-refractivity contribution in [2.45, 2.75) is 175 Å². The average molecular weight is 689 g/mol. The standard InChI is InChI=1S/C45H69O3P/c1-4-7-10-13-16-19-22-31-40-34-25-28-37-43(40)46-49(47-44-38-29-26-35-41(44)32-23-20-17-14-11-8-5-2)48-45-39-30-27-36-42(45)33-24-21-18-15-12-9-6-3/h25-30,34-39H,4-24,31-33H2,1-3H3. The zero-order chi connectivity index (χ0) is 34.6. The maximum absolute atomic E-state index is 6.76. The van der Waals surface area contributed by atoms with Gasteiger partial charge in [-0.15, -0.1) is 0 Å². The molecule has 0 aliphatic carbocycles. The van der Waals surface area contributed by atoms with Crippen LogP contribution in [0.3, 0.4) is 0 Å². The Balaban J connectivity index is 1.71. The van der Waals surface area contributed by atoms with Crippen molar-refractivity contribution in [1.29, 1.82) is 0 Å². The summed E-state index contributed by atoms with van der Waals surface area (Å²) >= 11 is 0. The van der Waals surface area contributed by atoms with Gasteiger partial charge in [0.2, 0.25) is 0 Å². The van der Waals surface area contributed by atoms with Crippen LogP contribution < -0.4 is 13.6 Å². The summed E-state index contributed by atoms with van der Waals surface area (Å²) in [5, 5.41) is 0. The maximum atomic E-state index is 6.76. The van der Waals surface area contributed by atoms with Crippen LogP contribution in [-0.2, 0) is 19.3 Å². The van der Waals surface area contributed by atoms with E-state index >= 15 is 0 Å². The number of hydrogen-bond acceptors (Lipinski definition) is 3. The summed E-state index contributed by atoms with van der Waals surface area (Å²) in [4.78, 5) is 0. The zero-order valence-electron chi connectivity index (χ0n) is 31.6. The zero-order valence-corrected chi connectivity index (χ0v) is 32.5. The number of hydrogen-bond donors (Lipinski definition) is 0. The highest BCUT2D eigenvalue weighted by Crippen LogP contribution is 2.45. The number of unbranched alkanes of at least 4 members (excludes halogenated alkanes) is 18. The monoisotopic (exact) mass is 688 g/mol. The van der Waals surface area contributed by atoms with Gasteiger partial charge in [-0.3, -0.25) is 0 Å². The van der Waals surface area contributed by atoms with Crippen molar-refractivity contribution in [3.8, 4) is 17.2 Å². The molecule has 3 aromatic carbocycles. The van der Waals surface area contributed by atoms with Gasteiger partial charge in [0.1, 0.15) is 17.2 Å². The molecule has 272 valence electrons. The summed E-state index contributed by atoms with van der Waals surface area (Å²) in [6.45, 7) is 6.84. The Kier molecular flexibility index (Phi) is 22.7. The molecule has 0 bridgehead atoms. The van der Waals surface area contributed by atoms with Gasteiger partial charge in [0.05, 0.1) is 0 Å². The fourth-order valence-electron chi connectivity index (χ4n) is 6.51. The van der Waals surface area contributed by atoms with Gasteiger partial charge in [0, 0.05) is 0 Å². The summed E-state index contributed by atoms with van der Waals surface area (Å²) in [7, 11) is -1.72. The van der Waals surface area contributed by atoms with Crippen LogP contribution in [0, 0.1) is 0 Å². The highest BCUT2D eigenvalue weighted by molar-refractivity contribution is 7.43. The molecule has 3 rings (SSSR count). The third-order valence-electron chi connectivity index (χ3n) is 9.59. The fourth-order valence-corrected chi connectivity index (χ4v) is 7.64. The lowest BCUT2D eigenvalue weighted by Crippen LogP contribution is -2.06. The Bertz CT molecular complexity index is 1080. The molecule has 0 aromatic heterocycles. The normalized spacial score (nSPS) is 11.3. The second-order valence-electron chi connectivity index (χ2n) is 13.9. The molecule has 0 saturated carbocycles. The second-order valence-corrected chi connectivity index (χ2v) is 14.9. The van der Waals surface area contributed by atoms with Gasteiger partial charge in [-0.25, -0.2) is 0 Å². The van der Waals surface area contributed by atoms with E-state index in [2.05, 4.69) is 93.6 Å². The van der Waals surface area contributed by atoms with Crippen LogP contribution >= 0.6 is 8.60 Å². The summed E-state index contributed by atoms with van der Waals surface area (Å²) in [5.74, 6) is 2.65. The smallest absolute Gasteiger partial charge is 0.408 e. The van der Waals surface area contributed by atoms with Crippen molar-refractivity contribution in [2.24, 2.45) is 0 Å². The van der Waals surface area contributed by atoms with Crippen LogP contribution in [0.5, 0.6) is 17.2 Å². The molecule has 0 fully saturated rings. The molecule has 0 spiro atoms. The SMILES string of the molecule is CCCCCCCCCc1ccccc1OP(Oc1ccccc1CCCCCCCCC)Oc1ccccc1CCCCCCCCC. The molecule has 0 atom stereocenters. The Labute approximate surface area is 302 Å². The van der Waals surface area contributed by atoms with Crippen molar-refractivity contribution >= 4 is 8.60 Å². The van der Waals surface area contributed by atoms with Crippen molar-refractivity contribution in [1.82, 2.24) is 0 Å². The summed E-state index contributed by atoms with van der Waals surface area (Å²) < 4.78 is 20.3. The minimum absolute atomic E-state index is 0.883. The molecule has 0 amide bonds. The topological polar surface area (TPSA) is 27.7 Å². The van der Waals surface area contributed by atoms with Crippen molar-refractivity contribution in [2.75, 3.05) is 0 Å². The minimum Gasteiger partial charge on any atom is -0.408 e. The summed E-state index contributed by atoms with van der Waals surface area (Å²) in [6.07, 6.45) is 30.3. The predicted molar refractivity (Wildman–Crippen MR) is 213 cm³/mol. The summed E-state index contributed by atoms with van der Waals surface area (Å²) in [6, 6.07) is 25.5. The van der Waals surface area contributed by atoms with Crippen LogP contribution in [0.15, 0.2) is 72.8 Å². The third kappa shape index (κ3) is 17.8. The molecule has 0 aliphatic heterocycles. The maximum Gasteiger partial charge on any atom is 0.530 e. The van der Waals surface area contributed by atoms with Crippen LogP contribution in [0.2, 0.25) is 0 Å². The molecular formula is C45H69O3P. The molecule has 0 heterocycles. The quantitative estimate of drug-likeness (QED) is 0.0515. The lowest BCUT2D eigenvalue weighted by Gasteiger charge is -2.22. The Morgan fingerprint density at radius 3 is 0.857 bits per heavy atom. The molecule has 0 radical (unpaired) electrons. The first-order valence-electron chi connectivity index (χ1n) is 20.3. The Hall–Kier alpha value is -2.51. The van der Waals surface area contributed by atoms with E-state index in [1.165, 1.54) is 152 Å². The first-order chi connectivity index (χ1) is 24.2. The van der Waals surface area contributed by atoms with Crippen LogP contribution in [0.1, 0.15) is 172 Å². The van der Waals surface area contributed by atoms with Crippen LogP contribution in [-0.4, -0.2) is 0 Å². The lowest BCUT2D eigenvalue weighted by molar-refractivity contribution is 0.382. The molecule has 49 heavy (non-hydrogen) atoms. The number of rotatable bonds is 30. The van der Waals surface area contributed by atoms with E-state index < -0.39 is 8.60 Å². The second kappa shape index (κ2) is 27.2. The Morgan fingerprint density at radius 1 is 0.327 bits per heavy atom. The van der Waals surface area contributed by atoms with Gasteiger partial charge in [0.25, 0.3) is 0 Å².